The van der Waals surface area contributed by atoms with E-state index in [-0.39, 0.29) is 26.3 Å². The highest BCUT2D eigenvalue weighted by molar-refractivity contribution is 5.91. The lowest BCUT2D eigenvalue weighted by Crippen LogP contribution is -2.47. The summed E-state index contributed by atoms with van der Waals surface area (Å²) >= 11 is 0. The fourth-order valence-electron chi connectivity index (χ4n) is 2.10. The molecule has 0 aromatic carbocycles. The topological polar surface area (TPSA) is 105 Å². The van der Waals surface area contributed by atoms with E-state index in [1.54, 1.807) is 0 Å². The summed E-state index contributed by atoms with van der Waals surface area (Å²) < 4.78 is 20.1. The largest absolute Gasteiger partial charge is 0.466 e. The summed E-state index contributed by atoms with van der Waals surface area (Å²) in [5.41, 5.74) is -2.08. The van der Waals surface area contributed by atoms with Crippen molar-refractivity contribution in [2.45, 2.75) is 77.7 Å². The van der Waals surface area contributed by atoms with E-state index in [2.05, 4.69) is 0 Å². The average molecular weight is 388 g/mol. The number of carbonyl (C=O) groups is 4. The van der Waals surface area contributed by atoms with Gasteiger partial charge in [-0.3, -0.25) is 14.4 Å². The van der Waals surface area contributed by atoms with Crippen LogP contribution in [-0.4, -0.2) is 49.8 Å². The van der Waals surface area contributed by atoms with Gasteiger partial charge in [0.2, 0.25) is 5.60 Å². The molecule has 0 aliphatic heterocycles. The molecule has 0 saturated carbocycles. The summed E-state index contributed by atoms with van der Waals surface area (Å²) in [6, 6.07) is 0. The number of carbonyl (C=O) groups excluding carboxylic acids is 4. The molecular weight excluding hydrogens is 356 g/mol. The first-order chi connectivity index (χ1) is 13.0. The second-order valence-corrected chi connectivity index (χ2v) is 6.20. The molecule has 27 heavy (non-hydrogen) atoms. The highest BCUT2D eigenvalue weighted by Crippen LogP contribution is 2.24. The molecule has 0 aliphatic carbocycles. The quantitative estimate of drug-likeness (QED) is 0.172. The predicted molar refractivity (Wildman–Crippen MR) is 96.7 cm³/mol. The molecule has 0 rings (SSSR count). The van der Waals surface area contributed by atoms with Crippen LogP contribution in [0.5, 0.6) is 0 Å². The third-order valence-corrected chi connectivity index (χ3v) is 3.76. The van der Waals surface area contributed by atoms with Crippen molar-refractivity contribution in [1.29, 1.82) is 0 Å². The zero-order valence-electron chi connectivity index (χ0n) is 16.6. The van der Waals surface area contributed by atoms with Gasteiger partial charge in [0.05, 0.1) is 32.7 Å². The van der Waals surface area contributed by atoms with Gasteiger partial charge in [-0.05, 0) is 19.3 Å². The normalized spacial score (nSPS) is 10.8. The highest BCUT2D eigenvalue weighted by atomic mass is 16.6. The Bertz CT molecular complexity index is 437. The second kappa shape index (κ2) is 15.0. The minimum atomic E-state index is -2.08. The molecule has 156 valence electrons. The standard InChI is InChI=1S/C19H32O8/c1-4-7-10-24-16(21)13-19(27-15-20,18(23)26-12-9-6-3)14-17(22)25-11-8-5-2/h15H,4-14H2,1-3H3. The molecule has 0 aliphatic rings. The van der Waals surface area contributed by atoms with Crippen LogP contribution < -0.4 is 0 Å². The molecule has 0 saturated heterocycles. The van der Waals surface area contributed by atoms with E-state index in [1.807, 2.05) is 20.8 Å². The van der Waals surface area contributed by atoms with Crippen LogP contribution in [0.15, 0.2) is 0 Å². The minimum absolute atomic E-state index is 0.0275. The minimum Gasteiger partial charge on any atom is -0.466 e. The fraction of sp³-hybridized carbons (Fsp3) is 0.789. The number of hydrogen-bond donors (Lipinski definition) is 0. The summed E-state index contributed by atoms with van der Waals surface area (Å²) in [5.74, 6) is -2.46. The molecule has 0 radical (unpaired) electrons. The van der Waals surface area contributed by atoms with Gasteiger partial charge in [-0.15, -0.1) is 0 Å². The van der Waals surface area contributed by atoms with Crippen molar-refractivity contribution >= 4 is 24.4 Å². The molecule has 0 aromatic rings. The molecule has 0 N–H and O–H groups in total. The van der Waals surface area contributed by atoms with Crippen molar-refractivity contribution in [3.05, 3.63) is 0 Å². The van der Waals surface area contributed by atoms with Gasteiger partial charge in [0.25, 0.3) is 6.47 Å². The Morgan fingerprint density at radius 2 is 1.15 bits per heavy atom. The lowest BCUT2D eigenvalue weighted by molar-refractivity contribution is -0.185. The first-order valence-corrected chi connectivity index (χ1v) is 9.55. The van der Waals surface area contributed by atoms with E-state index in [0.29, 0.717) is 19.3 Å². The lowest BCUT2D eigenvalue weighted by atomic mass is 9.95. The maximum absolute atomic E-state index is 12.5. The van der Waals surface area contributed by atoms with Crippen LogP contribution in [0, 0.1) is 0 Å². The van der Waals surface area contributed by atoms with Crippen LogP contribution in [0.2, 0.25) is 0 Å². The van der Waals surface area contributed by atoms with Crippen molar-refractivity contribution in [2.75, 3.05) is 19.8 Å². The van der Waals surface area contributed by atoms with Crippen LogP contribution in [0.3, 0.4) is 0 Å². The van der Waals surface area contributed by atoms with Gasteiger partial charge in [0.1, 0.15) is 0 Å². The average Bonchev–Trinajstić information content (AvgIpc) is 2.62. The third-order valence-electron chi connectivity index (χ3n) is 3.76. The Hall–Kier alpha value is -2.12. The van der Waals surface area contributed by atoms with E-state index in [1.165, 1.54) is 0 Å². The Morgan fingerprint density at radius 3 is 1.52 bits per heavy atom. The van der Waals surface area contributed by atoms with E-state index >= 15 is 0 Å². The molecule has 0 bridgehead atoms. The van der Waals surface area contributed by atoms with Crippen LogP contribution in [-0.2, 0) is 38.1 Å². The Balaban J connectivity index is 5.23. The van der Waals surface area contributed by atoms with E-state index in [9.17, 15) is 19.2 Å². The van der Waals surface area contributed by atoms with Gasteiger partial charge in [-0.2, -0.15) is 0 Å². The number of esters is 3. The van der Waals surface area contributed by atoms with Crippen LogP contribution >= 0.6 is 0 Å². The molecule has 0 spiro atoms. The summed E-state index contributed by atoms with van der Waals surface area (Å²) in [6.07, 6.45) is 3.14. The van der Waals surface area contributed by atoms with Gasteiger partial charge < -0.3 is 18.9 Å². The van der Waals surface area contributed by atoms with Crippen molar-refractivity contribution in [1.82, 2.24) is 0 Å². The lowest BCUT2D eigenvalue weighted by Gasteiger charge is -2.28. The fourth-order valence-corrected chi connectivity index (χ4v) is 2.10. The molecule has 8 nitrogen and oxygen atoms in total. The second-order valence-electron chi connectivity index (χ2n) is 6.20. The number of ether oxygens (including phenoxy) is 4. The maximum Gasteiger partial charge on any atom is 0.351 e. The third kappa shape index (κ3) is 10.6. The highest BCUT2D eigenvalue weighted by Gasteiger charge is 2.47. The van der Waals surface area contributed by atoms with Crippen LogP contribution in [0.4, 0.5) is 0 Å². The molecular formula is C19H32O8. The summed E-state index contributed by atoms with van der Waals surface area (Å²) in [5, 5.41) is 0. The Morgan fingerprint density at radius 1 is 0.741 bits per heavy atom. The van der Waals surface area contributed by atoms with Crippen molar-refractivity contribution in [3.8, 4) is 0 Å². The van der Waals surface area contributed by atoms with Crippen LogP contribution in [0.25, 0.3) is 0 Å². The zero-order valence-corrected chi connectivity index (χ0v) is 16.6. The molecule has 0 heterocycles. The smallest absolute Gasteiger partial charge is 0.351 e. The summed E-state index contributed by atoms with van der Waals surface area (Å²) in [7, 11) is 0. The van der Waals surface area contributed by atoms with E-state index < -0.39 is 36.4 Å². The molecule has 0 aromatic heterocycles. The molecule has 0 atom stereocenters. The van der Waals surface area contributed by atoms with Gasteiger partial charge in [-0.25, -0.2) is 4.79 Å². The number of hydrogen-bond acceptors (Lipinski definition) is 8. The van der Waals surface area contributed by atoms with Crippen LogP contribution in [0.1, 0.15) is 72.1 Å². The Kier molecular flexibility index (Phi) is 13.8. The van der Waals surface area contributed by atoms with Crippen molar-refractivity contribution in [2.24, 2.45) is 0 Å². The molecule has 8 heteroatoms. The predicted octanol–water partition coefficient (Wildman–Crippen LogP) is 2.71. The first kappa shape index (κ1) is 24.9. The number of unbranched alkanes of at least 4 members (excludes halogenated alkanes) is 3. The molecule has 0 amide bonds. The van der Waals surface area contributed by atoms with Gasteiger partial charge >= 0.3 is 17.9 Å². The monoisotopic (exact) mass is 388 g/mol. The SMILES string of the molecule is CCCCOC(=O)CC(CC(=O)OCCCC)(OC=O)C(=O)OCCCC. The number of rotatable bonds is 16. The molecule has 0 unspecified atom stereocenters. The summed E-state index contributed by atoms with van der Waals surface area (Å²) in [4.78, 5) is 47.8. The molecule has 0 fully saturated rings. The van der Waals surface area contributed by atoms with Crippen molar-refractivity contribution < 1.29 is 38.1 Å². The van der Waals surface area contributed by atoms with Gasteiger partial charge in [0.15, 0.2) is 0 Å². The first-order valence-electron chi connectivity index (χ1n) is 9.55. The Labute approximate surface area is 160 Å². The van der Waals surface area contributed by atoms with Gasteiger partial charge in [-0.1, -0.05) is 40.0 Å². The van der Waals surface area contributed by atoms with Gasteiger partial charge in [0, 0.05) is 0 Å². The maximum atomic E-state index is 12.5. The van der Waals surface area contributed by atoms with E-state index in [0.717, 1.165) is 19.3 Å². The zero-order chi connectivity index (χ0) is 20.5. The summed E-state index contributed by atoms with van der Waals surface area (Å²) in [6.45, 7) is 6.26. The van der Waals surface area contributed by atoms with Crippen molar-refractivity contribution in [3.63, 3.8) is 0 Å². The van der Waals surface area contributed by atoms with E-state index in [4.69, 9.17) is 18.9 Å².